The van der Waals surface area contributed by atoms with Crippen molar-refractivity contribution in [2.45, 2.75) is 0 Å². The molecule has 3 amide bonds. The number of carbonyl (C=O) groups excluding carboxylic acids is 3. The monoisotopic (exact) mass is 265 g/mol. The number of amides is 3. The van der Waals surface area contributed by atoms with E-state index in [1.807, 2.05) is 5.32 Å². The molecule has 1 aromatic rings. The molecule has 0 saturated carbocycles. The summed E-state index contributed by atoms with van der Waals surface area (Å²) < 4.78 is 0. The highest BCUT2D eigenvalue weighted by Gasteiger charge is 2.21. The Kier molecular flexibility index (Phi) is 5.01. The fourth-order valence-electron chi connectivity index (χ4n) is 1.35. The molecule has 102 valence electrons. The van der Waals surface area contributed by atoms with Crippen molar-refractivity contribution in [2.24, 2.45) is 0 Å². The van der Waals surface area contributed by atoms with E-state index in [-0.39, 0.29) is 24.4 Å². The summed E-state index contributed by atoms with van der Waals surface area (Å²) >= 11 is 0. The van der Waals surface area contributed by atoms with Crippen molar-refractivity contribution >= 4 is 23.4 Å². The molecule has 0 aromatic heterocycles. The second kappa shape index (κ2) is 6.50. The normalized spacial score (nSPS) is 9.79. The largest absolute Gasteiger partial charge is 0.398 e. The summed E-state index contributed by atoms with van der Waals surface area (Å²) in [5.74, 6) is -2.71. The van der Waals surface area contributed by atoms with Gasteiger partial charge in [0.25, 0.3) is 5.91 Å². The molecular weight excluding hydrogens is 250 g/mol. The summed E-state index contributed by atoms with van der Waals surface area (Å²) in [7, 11) is 1.35. The highest BCUT2D eigenvalue weighted by Crippen LogP contribution is 2.09. The molecule has 0 heterocycles. The van der Waals surface area contributed by atoms with Crippen LogP contribution in [0, 0.1) is 0 Å². The van der Waals surface area contributed by atoms with Gasteiger partial charge in [0.2, 0.25) is 0 Å². The maximum Gasteiger partial charge on any atom is 0.316 e. The van der Waals surface area contributed by atoms with E-state index in [0.717, 1.165) is 4.90 Å². The summed E-state index contributed by atoms with van der Waals surface area (Å²) in [5.41, 5.74) is 5.91. The SMILES string of the molecule is CN(CCO)C(=O)C(=O)NC(=O)c1ccccc1N. The van der Waals surface area contributed by atoms with Crippen LogP contribution in [0.25, 0.3) is 0 Å². The predicted octanol–water partition coefficient (Wildman–Crippen LogP) is -1.02. The average molecular weight is 265 g/mol. The molecule has 4 N–H and O–H groups in total. The van der Waals surface area contributed by atoms with Crippen LogP contribution in [0.15, 0.2) is 24.3 Å². The van der Waals surface area contributed by atoms with Crippen molar-refractivity contribution in [3.05, 3.63) is 29.8 Å². The molecule has 0 saturated heterocycles. The van der Waals surface area contributed by atoms with Gasteiger partial charge < -0.3 is 15.7 Å². The molecule has 0 aliphatic rings. The topological polar surface area (TPSA) is 113 Å². The fourth-order valence-corrected chi connectivity index (χ4v) is 1.35. The number of likely N-dealkylation sites (N-methyl/N-ethyl adjacent to an activating group) is 1. The molecule has 0 aliphatic carbocycles. The Hall–Kier alpha value is -2.41. The van der Waals surface area contributed by atoms with Crippen molar-refractivity contribution in [1.29, 1.82) is 0 Å². The van der Waals surface area contributed by atoms with Gasteiger partial charge in [0.15, 0.2) is 0 Å². The second-order valence-corrected chi connectivity index (χ2v) is 3.82. The van der Waals surface area contributed by atoms with E-state index < -0.39 is 17.7 Å². The van der Waals surface area contributed by atoms with E-state index in [1.165, 1.54) is 19.2 Å². The first-order valence-corrected chi connectivity index (χ1v) is 5.53. The molecule has 1 aromatic carbocycles. The third kappa shape index (κ3) is 3.78. The minimum absolute atomic E-state index is 0.00786. The lowest BCUT2D eigenvalue weighted by Gasteiger charge is -2.14. The number of rotatable bonds is 3. The van der Waals surface area contributed by atoms with Crippen LogP contribution in [-0.2, 0) is 9.59 Å². The van der Waals surface area contributed by atoms with Crippen LogP contribution in [0.3, 0.4) is 0 Å². The van der Waals surface area contributed by atoms with E-state index in [4.69, 9.17) is 10.8 Å². The smallest absolute Gasteiger partial charge is 0.316 e. The minimum Gasteiger partial charge on any atom is -0.398 e. The van der Waals surface area contributed by atoms with Crippen LogP contribution >= 0.6 is 0 Å². The second-order valence-electron chi connectivity index (χ2n) is 3.82. The number of imide groups is 1. The Morgan fingerprint density at radius 3 is 2.53 bits per heavy atom. The van der Waals surface area contributed by atoms with E-state index >= 15 is 0 Å². The molecule has 7 nitrogen and oxygen atoms in total. The number of nitrogens with one attached hydrogen (secondary N) is 1. The Balaban J connectivity index is 2.70. The Bertz CT molecular complexity index is 502. The number of nitrogens with zero attached hydrogens (tertiary/aromatic N) is 1. The van der Waals surface area contributed by atoms with Crippen LogP contribution in [0.1, 0.15) is 10.4 Å². The molecule has 0 spiro atoms. The van der Waals surface area contributed by atoms with Crippen LogP contribution in [0.2, 0.25) is 0 Å². The van der Waals surface area contributed by atoms with Crippen molar-refractivity contribution < 1.29 is 19.5 Å². The third-order valence-electron chi connectivity index (χ3n) is 2.41. The third-order valence-corrected chi connectivity index (χ3v) is 2.41. The zero-order valence-electron chi connectivity index (χ0n) is 10.4. The highest BCUT2D eigenvalue weighted by molar-refractivity contribution is 6.38. The van der Waals surface area contributed by atoms with Gasteiger partial charge in [0.05, 0.1) is 12.2 Å². The van der Waals surface area contributed by atoms with Gasteiger partial charge in [0.1, 0.15) is 0 Å². The van der Waals surface area contributed by atoms with Gasteiger partial charge >= 0.3 is 11.8 Å². The molecule has 0 aliphatic heterocycles. The van der Waals surface area contributed by atoms with Crippen LogP contribution in [0.4, 0.5) is 5.69 Å². The number of benzene rings is 1. The van der Waals surface area contributed by atoms with Gasteiger partial charge in [-0.2, -0.15) is 0 Å². The first-order valence-electron chi connectivity index (χ1n) is 5.53. The van der Waals surface area contributed by atoms with E-state index in [9.17, 15) is 14.4 Å². The number of hydrogen-bond donors (Lipinski definition) is 3. The first kappa shape index (κ1) is 14.7. The zero-order valence-corrected chi connectivity index (χ0v) is 10.4. The highest BCUT2D eigenvalue weighted by atomic mass is 16.3. The molecule has 0 radical (unpaired) electrons. The number of carbonyl (C=O) groups is 3. The van der Waals surface area contributed by atoms with Crippen molar-refractivity contribution in [1.82, 2.24) is 10.2 Å². The maximum atomic E-state index is 11.7. The summed E-state index contributed by atoms with van der Waals surface area (Å²) in [6.45, 7) is -0.261. The Morgan fingerprint density at radius 1 is 1.32 bits per heavy atom. The summed E-state index contributed by atoms with van der Waals surface area (Å²) in [4.78, 5) is 35.8. The van der Waals surface area contributed by atoms with Gasteiger partial charge in [0, 0.05) is 19.3 Å². The van der Waals surface area contributed by atoms with Crippen molar-refractivity contribution in [3.63, 3.8) is 0 Å². The predicted molar refractivity (Wildman–Crippen MR) is 68.1 cm³/mol. The standard InChI is InChI=1S/C12H15N3O4/c1-15(6-7-16)12(19)11(18)14-10(17)8-4-2-3-5-9(8)13/h2-5,16H,6-7,13H2,1H3,(H,14,17,18). The number of nitrogen functional groups attached to an aromatic ring is 1. The molecule has 0 unspecified atom stereocenters. The number of aliphatic hydroxyl groups is 1. The summed E-state index contributed by atoms with van der Waals surface area (Å²) in [5, 5.41) is 10.6. The fraction of sp³-hybridized carbons (Fsp3) is 0.250. The van der Waals surface area contributed by atoms with Crippen molar-refractivity contribution in [2.75, 3.05) is 25.9 Å². The summed E-state index contributed by atoms with van der Waals surface area (Å²) in [6.07, 6.45) is 0. The molecule has 19 heavy (non-hydrogen) atoms. The molecule has 1 rings (SSSR count). The van der Waals surface area contributed by atoms with Gasteiger partial charge in [-0.1, -0.05) is 12.1 Å². The van der Waals surface area contributed by atoms with E-state index in [1.54, 1.807) is 12.1 Å². The number of nitrogens with two attached hydrogens (primary N) is 1. The molecule has 0 fully saturated rings. The average Bonchev–Trinajstić information content (AvgIpc) is 2.38. The van der Waals surface area contributed by atoms with Gasteiger partial charge in [-0.15, -0.1) is 0 Å². The molecule has 7 heteroatoms. The molecule has 0 bridgehead atoms. The Labute approximate surface area is 110 Å². The minimum atomic E-state index is -1.07. The number of para-hydroxylation sites is 1. The molecular formula is C12H15N3O4. The van der Waals surface area contributed by atoms with Gasteiger partial charge in [-0.3, -0.25) is 19.7 Å². The molecule has 0 atom stereocenters. The maximum absolute atomic E-state index is 11.7. The number of hydrogen-bond acceptors (Lipinski definition) is 5. The number of anilines is 1. The van der Waals surface area contributed by atoms with Gasteiger partial charge in [-0.05, 0) is 12.1 Å². The number of aliphatic hydroxyl groups excluding tert-OH is 1. The van der Waals surface area contributed by atoms with E-state index in [0.29, 0.717) is 0 Å². The quantitative estimate of drug-likeness (QED) is 0.478. The van der Waals surface area contributed by atoms with E-state index in [2.05, 4.69) is 0 Å². The Morgan fingerprint density at radius 2 is 1.95 bits per heavy atom. The van der Waals surface area contributed by atoms with Crippen LogP contribution in [0.5, 0.6) is 0 Å². The van der Waals surface area contributed by atoms with Crippen LogP contribution < -0.4 is 11.1 Å². The van der Waals surface area contributed by atoms with Crippen LogP contribution in [-0.4, -0.2) is 47.9 Å². The lowest BCUT2D eigenvalue weighted by atomic mass is 10.1. The lowest BCUT2D eigenvalue weighted by Crippen LogP contribution is -2.44. The summed E-state index contributed by atoms with van der Waals surface area (Å²) in [6, 6.07) is 6.20. The lowest BCUT2D eigenvalue weighted by molar-refractivity contribution is -0.144. The van der Waals surface area contributed by atoms with Gasteiger partial charge in [-0.25, -0.2) is 0 Å². The van der Waals surface area contributed by atoms with Crippen molar-refractivity contribution in [3.8, 4) is 0 Å². The zero-order chi connectivity index (χ0) is 14.4. The first-order chi connectivity index (χ1) is 8.97.